The third-order valence-corrected chi connectivity index (χ3v) is 4.80. The molecule has 1 heterocycles. The van der Waals surface area contributed by atoms with E-state index in [1.165, 1.54) is 11.8 Å². The summed E-state index contributed by atoms with van der Waals surface area (Å²) in [5, 5.41) is 4.59. The van der Waals surface area contributed by atoms with E-state index >= 15 is 0 Å². The van der Waals surface area contributed by atoms with Crippen LogP contribution in [0.2, 0.25) is 10.0 Å². The number of thioether (sulfide) groups is 1. The molecule has 0 saturated carbocycles. The van der Waals surface area contributed by atoms with Gasteiger partial charge in [0.25, 0.3) is 0 Å². The summed E-state index contributed by atoms with van der Waals surface area (Å²) in [6, 6.07) is 16.8. The molecule has 1 amide bonds. The van der Waals surface area contributed by atoms with Gasteiger partial charge in [-0.2, -0.15) is 0 Å². The van der Waals surface area contributed by atoms with Crippen LogP contribution < -0.4 is 5.32 Å². The van der Waals surface area contributed by atoms with Gasteiger partial charge in [0.1, 0.15) is 6.33 Å². The normalized spacial score (nSPS) is 10.5. The van der Waals surface area contributed by atoms with Gasteiger partial charge in [-0.3, -0.25) is 4.79 Å². The smallest absolute Gasteiger partial charge is 0.225 e. The highest BCUT2D eigenvalue weighted by molar-refractivity contribution is 7.99. The van der Waals surface area contributed by atoms with Gasteiger partial charge >= 0.3 is 0 Å². The van der Waals surface area contributed by atoms with Crippen molar-refractivity contribution in [2.45, 2.75) is 11.4 Å². The van der Waals surface area contributed by atoms with Crippen molar-refractivity contribution in [3.8, 4) is 11.3 Å². The van der Waals surface area contributed by atoms with E-state index < -0.39 is 0 Å². The largest absolute Gasteiger partial charge is 0.326 e. The van der Waals surface area contributed by atoms with Crippen LogP contribution in [-0.2, 0) is 4.79 Å². The number of amides is 1. The molecule has 132 valence electrons. The van der Waals surface area contributed by atoms with Gasteiger partial charge in [0.15, 0.2) is 0 Å². The fraction of sp³-hybridized carbons (Fsp3) is 0.105. The molecule has 0 saturated heterocycles. The van der Waals surface area contributed by atoms with Crippen LogP contribution in [-0.4, -0.2) is 21.6 Å². The van der Waals surface area contributed by atoms with E-state index in [9.17, 15) is 4.79 Å². The Morgan fingerprint density at radius 3 is 2.46 bits per heavy atom. The Morgan fingerprint density at radius 1 is 1.00 bits per heavy atom. The maximum absolute atomic E-state index is 12.1. The van der Waals surface area contributed by atoms with Crippen molar-refractivity contribution < 1.29 is 4.79 Å². The highest BCUT2D eigenvalue weighted by atomic mass is 35.5. The number of hydrogen-bond donors (Lipinski definition) is 1. The van der Waals surface area contributed by atoms with Crippen molar-refractivity contribution in [2.75, 3.05) is 11.1 Å². The Kier molecular flexibility index (Phi) is 6.50. The molecular weight excluding hydrogens is 389 g/mol. The van der Waals surface area contributed by atoms with E-state index in [-0.39, 0.29) is 5.91 Å². The zero-order chi connectivity index (χ0) is 18.4. The second-order valence-corrected chi connectivity index (χ2v) is 7.40. The van der Waals surface area contributed by atoms with Crippen LogP contribution in [0.1, 0.15) is 6.42 Å². The topological polar surface area (TPSA) is 54.9 Å². The number of aromatic nitrogens is 2. The van der Waals surface area contributed by atoms with Crippen molar-refractivity contribution >= 4 is 46.6 Å². The van der Waals surface area contributed by atoms with Crippen molar-refractivity contribution in [1.29, 1.82) is 0 Å². The monoisotopic (exact) mass is 403 g/mol. The maximum atomic E-state index is 12.1. The van der Waals surface area contributed by atoms with Crippen molar-refractivity contribution in [1.82, 2.24) is 9.97 Å². The average molecular weight is 404 g/mol. The van der Waals surface area contributed by atoms with Crippen LogP contribution in [0.25, 0.3) is 11.3 Å². The summed E-state index contributed by atoms with van der Waals surface area (Å²) in [6.45, 7) is 0. The zero-order valence-electron chi connectivity index (χ0n) is 13.7. The van der Waals surface area contributed by atoms with Crippen molar-refractivity contribution in [3.05, 3.63) is 71.0 Å². The first-order valence-corrected chi connectivity index (χ1v) is 9.60. The average Bonchev–Trinajstić information content (AvgIpc) is 2.62. The summed E-state index contributed by atoms with van der Waals surface area (Å²) in [7, 11) is 0. The molecule has 4 nitrogen and oxygen atoms in total. The zero-order valence-corrected chi connectivity index (χ0v) is 16.0. The lowest BCUT2D eigenvalue weighted by molar-refractivity contribution is -0.115. The molecule has 26 heavy (non-hydrogen) atoms. The lowest BCUT2D eigenvalue weighted by Gasteiger charge is -2.07. The van der Waals surface area contributed by atoms with Crippen LogP contribution in [0, 0.1) is 0 Å². The SMILES string of the molecule is O=C(CCSc1cc(-c2ccccc2)ncn1)Nc1cc(Cl)cc(Cl)c1. The molecule has 0 bridgehead atoms. The summed E-state index contributed by atoms with van der Waals surface area (Å²) in [6.07, 6.45) is 1.89. The lowest BCUT2D eigenvalue weighted by Crippen LogP contribution is -2.12. The standard InChI is InChI=1S/C19H15Cl2N3OS/c20-14-8-15(21)10-16(9-14)24-18(25)6-7-26-19-11-17(22-12-23-19)13-4-2-1-3-5-13/h1-5,8-12H,6-7H2,(H,24,25). The predicted molar refractivity (Wildman–Crippen MR) is 108 cm³/mol. The Morgan fingerprint density at radius 2 is 1.73 bits per heavy atom. The highest BCUT2D eigenvalue weighted by Crippen LogP contribution is 2.24. The molecule has 1 aromatic heterocycles. The van der Waals surface area contributed by atoms with E-state index in [4.69, 9.17) is 23.2 Å². The Balaban J connectivity index is 1.54. The van der Waals surface area contributed by atoms with Crippen LogP contribution in [0.5, 0.6) is 0 Å². The third kappa shape index (κ3) is 5.46. The second kappa shape index (κ2) is 9.03. The van der Waals surface area contributed by atoms with Gasteiger partial charge in [-0.05, 0) is 24.3 Å². The quantitative estimate of drug-likeness (QED) is 0.431. The number of benzene rings is 2. The minimum absolute atomic E-state index is 0.104. The first-order chi connectivity index (χ1) is 12.6. The second-order valence-electron chi connectivity index (χ2n) is 5.41. The van der Waals surface area contributed by atoms with Gasteiger partial charge in [-0.25, -0.2) is 9.97 Å². The van der Waals surface area contributed by atoms with Crippen LogP contribution in [0.15, 0.2) is 66.0 Å². The number of halogens is 2. The van der Waals surface area contributed by atoms with Gasteiger partial charge < -0.3 is 5.32 Å². The summed E-state index contributed by atoms with van der Waals surface area (Å²) >= 11 is 13.4. The number of hydrogen-bond acceptors (Lipinski definition) is 4. The van der Waals surface area contributed by atoms with E-state index in [0.29, 0.717) is 27.9 Å². The molecule has 0 spiro atoms. The van der Waals surface area contributed by atoms with Crippen LogP contribution in [0.4, 0.5) is 5.69 Å². The highest BCUT2D eigenvalue weighted by Gasteiger charge is 2.07. The van der Waals surface area contributed by atoms with E-state index in [2.05, 4.69) is 15.3 Å². The molecule has 0 unspecified atom stereocenters. The fourth-order valence-corrected chi connectivity index (χ4v) is 3.62. The Hall–Kier alpha value is -2.08. The molecule has 3 rings (SSSR count). The van der Waals surface area contributed by atoms with Crippen LogP contribution in [0.3, 0.4) is 0 Å². The molecule has 0 atom stereocenters. The molecule has 1 N–H and O–H groups in total. The number of nitrogens with one attached hydrogen (secondary N) is 1. The number of rotatable bonds is 6. The molecule has 2 aromatic carbocycles. The molecular formula is C19H15Cl2N3OS. The molecule has 0 aliphatic heterocycles. The van der Waals surface area contributed by atoms with Gasteiger partial charge in [0.2, 0.25) is 5.91 Å². The minimum Gasteiger partial charge on any atom is -0.326 e. The lowest BCUT2D eigenvalue weighted by atomic mass is 10.1. The molecule has 0 aliphatic carbocycles. The predicted octanol–water partition coefficient (Wildman–Crippen LogP) is 5.57. The summed E-state index contributed by atoms with van der Waals surface area (Å²) < 4.78 is 0. The number of carbonyl (C=O) groups excluding carboxylic acids is 1. The number of nitrogens with zero attached hydrogens (tertiary/aromatic N) is 2. The van der Waals surface area contributed by atoms with E-state index in [0.717, 1.165) is 16.3 Å². The fourth-order valence-electron chi connectivity index (χ4n) is 2.28. The van der Waals surface area contributed by atoms with Crippen molar-refractivity contribution in [2.24, 2.45) is 0 Å². The molecule has 3 aromatic rings. The van der Waals surface area contributed by atoms with Gasteiger partial charge in [0, 0.05) is 33.5 Å². The van der Waals surface area contributed by atoms with Crippen LogP contribution >= 0.6 is 35.0 Å². The Labute approximate surface area is 166 Å². The molecule has 0 radical (unpaired) electrons. The molecule has 0 aliphatic rings. The van der Waals surface area contributed by atoms with E-state index in [1.807, 2.05) is 36.4 Å². The van der Waals surface area contributed by atoms with Gasteiger partial charge in [0.05, 0.1) is 10.7 Å². The van der Waals surface area contributed by atoms with Crippen molar-refractivity contribution in [3.63, 3.8) is 0 Å². The number of carbonyl (C=O) groups is 1. The minimum atomic E-state index is -0.104. The first kappa shape index (κ1) is 18.7. The Bertz CT molecular complexity index is 886. The summed E-state index contributed by atoms with van der Waals surface area (Å²) in [4.78, 5) is 20.6. The summed E-state index contributed by atoms with van der Waals surface area (Å²) in [5.74, 6) is 0.499. The third-order valence-electron chi connectivity index (χ3n) is 3.44. The van der Waals surface area contributed by atoms with Gasteiger partial charge in [-0.1, -0.05) is 53.5 Å². The first-order valence-electron chi connectivity index (χ1n) is 7.86. The van der Waals surface area contributed by atoms with Gasteiger partial charge in [-0.15, -0.1) is 11.8 Å². The number of anilines is 1. The summed E-state index contributed by atoms with van der Waals surface area (Å²) in [5.41, 5.74) is 2.49. The molecule has 0 fully saturated rings. The molecule has 7 heteroatoms. The maximum Gasteiger partial charge on any atom is 0.225 e. The van der Waals surface area contributed by atoms with E-state index in [1.54, 1.807) is 24.5 Å².